The zero-order valence-corrected chi connectivity index (χ0v) is 9.79. The number of carbonyl (C=O) groups is 1. The van der Waals surface area contributed by atoms with Crippen LogP contribution in [0.1, 0.15) is 10.5 Å². The van der Waals surface area contributed by atoms with Gasteiger partial charge in [-0.1, -0.05) is 23.2 Å². The van der Waals surface area contributed by atoms with Crippen LogP contribution in [0.5, 0.6) is 0 Å². The van der Waals surface area contributed by atoms with Crippen LogP contribution < -0.4 is 5.69 Å². The highest BCUT2D eigenvalue weighted by Gasteiger charge is 2.15. The summed E-state index contributed by atoms with van der Waals surface area (Å²) in [6, 6.07) is 4.42. The lowest BCUT2D eigenvalue weighted by Gasteiger charge is -2.05. The largest absolute Gasteiger partial charge is 0.477 e. The summed E-state index contributed by atoms with van der Waals surface area (Å²) in [6.45, 7) is 0. The first kappa shape index (κ1) is 11.8. The molecule has 1 aromatic carbocycles. The van der Waals surface area contributed by atoms with E-state index in [0.717, 1.165) is 10.8 Å². The van der Waals surface area contributed by atoms with Crippen LogP contribution in [-0.2, 0) is 0 Å². The molecule has 0 aliphatic carbocycles. The number of rotatable bonds is 2. The van der Waals surface area contributed by atoms with Gasteiger partial charge in [0.15, 0.2) is 5.69 Å². The predicted molar refractivity (Wildman–Crippen MR) is 63.4 cm³/mol. The van der Waals surface area contributed by atoms with Crippen molar-refractivity contribution in [3.8, 4) is 5.69 Å². The predicted octanol–water partition coefficient (Wildman–Crippen LogP) is 2.17. The fourth-order valence-electron chi connectivity index (χ4n) is 1.41. The number of halogens is 2. The molecule has 0 aliphatic heterocycles. The van der Waals surface area contributed by atoms with Gasteiger partial charge >= 0.3 is 11.7 Å². The Morgan fingerprint density at radius 1 is 1.29 bits per heavy atom. The van der Waals surface area contributed by atoms with E-state index in [9.17, 15) is 9.59 Å². The summed E-state index contributed by atoms with van der Waals surface area (Å²) in [5, 5.41) is 9.50. The van der Waals surface area contributed by atoms with Crippen LogP contribution in [0.15, 0.2) is 29.2 Å². The minimum absolute atomic E-state index is 0.173. The number of carboxylic acids is 1. The lowest BCUT2D eigenvalue weighted by molar-refractivity contribution is 0.0688. The molecule has 0 amide bonds. The van der Waals surface area contributed by atoms with E-state index in [1.807, 2.05) is 0 Å². The Kier molecular flexibility index (Phi) is 2.95. The van der Waals surface area contributed by atoms with Gasteiger partial charge in [-0.2, -0.15) is 0 Å². The molecule has 0 aliphatic rings. The number of carboxylic acid groups (broad SMARTS) is 1. The molecule has 0 atom stereocenters. The van der Waals surface area contributed by atoms with E-state index < -0.39 is 11.7 Å². The summed E-state index contributed by atoms with van der Waals surface area (Å²) < 4.78 is 1.00. The van der Waals surface area contributed by atoms with Crippen molar-refractivity contribution in [2.24, 2.45) is 0 Å². The van der Waals surface area contributed by atoms with Gasteiger partial charge in [0, 0.05) is 6.20 Å². The van der Waals surface area contributed by atoms with Gasteiger partial charge in [0.05, 0.1) is 15.7 Å². The topological polar surface area (TPSA) is 75.1 Å². The van der Waals surface area contributed by atoms with Crippen molar-refractivity contribution < 1.29 is 9.90 Å². The molecule has 5 nitrogen and oxygen atoms in total. The Morgan fingerprint density at radius 3 is 2.59 bits per heavy atom. The molecule has 7 heteroatoms. The number of hydrogen-bond donors (Lipinski definition) is 2. The average Bonchev–Trinajstić information content (AvgIpc) is 2.64. The van der Waals surface area contributed by atoms with Crippen molar-refractivity contribution in [1.82, 2.24) is 9.55 Å². The van der Waals surface area contributed by atoms with Crippen LogP contribution in [-0.4, -0.2) is 20.6 Å². The first-order valence-electron chi connectivity index (χ1n) is 4.50. The maximum atomic E-state index is 11.5. The Bertz CT molecular complexity index is 645. The number of imidazole rings is 1. The number of hydrogen-bond acceptors (Lipinski definition) is 2. The van der Waals surface area contributed by atoms with Crippen molar-refractivity contribution in [3.05, 3.63) is 50.6 Å². The summed E-state index contributed by atoms with van der Waals surface area (Å²) >= 11 is 11.6. The summed E-state index contributed by atoms with van der Waals surface area (Å²) in [4.78, 5) is 24.7. The van der Waals surface area contributed by atoms with E-state index in [1.165, 1.54) is 18.2 Å². The molecule has 0 saturated carbocycles. The van der Waals surface area contributed by atoms with E-state index >= 15 is 0 Å². The molecule has 0 unspecified atom stereocenters. The fraction of sp³-hybridized carbons (Fsp3) is 0. The van der Waals surface area contributed by atoms with Crippen molar-refractivity contribution in [2.45, 2.75) is 0 Å². The quantitative estimate of drug-likeness (QED) is 0.880. The first-order valence-corrected chi connectivity index (χ1v) is 5.25. The van der Waals surface area contributed by atoms with Crippen LogP contribution >= 0.6 is 23.2 Å². The zero-order valence-electron chi connectivity index (χ0n) is 8.28. The first-order chi connectivity index (χ1) is 8.00. The minimum atomic E-state index is -1.21. The number of aromatic amines is 1. The zero-order chi connectivity index (χ0) is 12.6. The second-order valence-electron chi connectivity index (χ2n) is 3.22. The van der Waals surface area contributed by atoms with Gasteiger partial charge in [-0.15, -0.1) is 0 Å². The number of nitrogens with one attached hydrogen (secondary N) is 1. The molecule has 0 radical (unpaired) electrons. The number of aromatic carboxylic acids is 1. The number of nitrogens with zero attached hydrogens (tertiary/aromatic N) is 1. The molecule has 0 bridgehead atoms. The highest BCUT2D eigenvalue weighted by molar-refractivity contribution is 6.42. The summed E-state index contributed by atoms with van der Waals surface area (Å²) in [5.74, 6) is -1.21. The van der Waals surface area contributed by atoms with Gasteiger partial charge in [0.25, 0.3) is 0 Å². The van der Waals surface area contributed by atoms with Crippen LogP contribution in [0.4, 0.5) is 0 Å². The second-order valence-corrected chi connectivity index (χ2v) is 4.03. The monoisotopic (exact) mass is 272 g/mol. The molecule has 2 rings (SSSR count). The highest BCUT2D eigenvalue weighted by atomic mass is 35.5. The van der Waals surface area contributed by atoms with E-state index in [1.54, 1.807) is 0 Å². The lowest BCUT2D eigenvalue weighted by Crippen LogP contribution is -2.19. The number of aromatic nitrogens is 2. The van der Waals surface area contributed by atoms with Crippen LogP contribution in [0.2, 0.25) is 10.0 Å². The molecule has 0 saturated heterocycles. The number of benzene rings is 1. The summed E-state index contributed by atoms with van der Waals surface area (Å²) in [6.07, 6.45) is 1.12. The standard InChI is InChI=1S/C10H6Cl2N2O3/c11-6-2-1-5(3-7(6)12)14-8(9(15)16)4-13-10(14)17/h1-4H,(H,13,17)(H,15,16). The average molecular weight is 273 g/mol. The summed E-state index contributed by atoms with van der Waals surface area (Å²) in [5.41, 5.74) is -0.391. The number of H-pyrrole nitrogens is 1. The third-order valence-corrected chi connectivity index (χ3v) is 2.90. The van der Waals surface area contributed by atoms with E-state index in [-0.39, 0.29) is 10.7 Å². The van der Waals surface area contributed by atoms with Crippen molar-refractivity contribution in [1.29, 1.82) is 0 Å². The molecule has 0 fully saturated rings. The van der Waals surface area contributed by atoms with Gasteiger partial charge in [0.2, 0.25) is 0 Å². The maximum absolute atomic E-state index is 11.5. The molecular formula is C10H6Cl2N2O3. The Balaban J connectivity index is 2.68. The van der Waals surface area contributed by atoms with Gasteiger partial charge in [0.1, 0.15) is 0 Å². The van der Waals surface area contributed by atoms with Crippen LogP contribution in [0.25, 0.3) is 5.69 Å². The smallest absolute Gasteiger partial charge is 0.354 e. The van der Waals surface area contributed by atoms with E-state index in [4.69, 9.17) is 28.3 Å². The Morgan fingerprint density at radius 2 is 2.00 bits per heavy atom. The second kappa shape index (κ2) is 4.27. The van der Waals surface area contributed by atoms with E-state index in [2.05, 4.69) is 4.98 Å². The Labute approximate surface area is 105 Å². The minimum Gasteiger partial charge on any atom is -0.477 e. The van der Waals surface area contributed by atoms with Crippen molar-refractivity contribution in [2.75, 3.05) is 0 Å². The molecule has 88 valence electrons. The summed E-state index contributed by atoms with van der Waals surface area (Å²) in [7, 11) is 0. The fourth-order valence-corrected chi connectivity index (χ4v) is 1.70. The van der Waals surface area contributed by atoms with Gasteiger partial charge in [-0.05, 0) is 18.2 Å². The third-order valence-electron chi connectivity index (χ3n) is 2.16. The highest BCUT2D eigenvalue weighted by Crippen LogP contribution is 2.24. The molecule has 1 aromatic heterocycles. The maximum Gasteiger partial charge on any atom is 0.354 e. The van der Waals surface area contributed by atoms with Gasteiger partial charge < -0.3 is 10.1 Å². The van der Waals surface area contributed by atoms with Crippen LogP contribution in [0.3, 0.4) is 0 Å². The molecule has 2 aromatic rings. The van der Waals surface area contributed by atoms with Crippen molar-refractivity contribution in [3.63, 3.8) is 0 Å². The Hall–Kier alpha value is -1.72. The van der Waals surface area contributed by atoms with E-state index in [0.29, 0.717) is 10.7 Å². The van der Waals surface area contributed by atoms with Gasteiger partial charge in [-0.3, -0.25) is 4.57 Å². The normalized spacial score (nSPS) is 10.5. The molecular weight excluding hydrogens is 267 g/mol. The van der Waals surface area contributed by atoms with Crippen LogP contribution in [0, 0.1) is 0 Å². The lowest BCUT2D eigenvalue weighted by atomic mass is 10.3. The molecule has 0 spiro atoms. The molecule has 17 heavy (non-hydrogen) atoms. The van der Waals surface area contributed by atoms with Gasteiger partial charge in [-0.25, -0.2) is 9.59 Å². The molecule has 1 heterocycles. The van der Waals surface area contributed by atoms with Crippen molar-refractivity contribution >= 4 is 29.2 Å². The SMILES string of the molecule is O=C(O)c1c[nH]c(=O)n1-c1ccc(Cl)c(Cl)c1. The third kappa shape index (κ3) is 2.07. The molecule has 2 N–H and O–H groups in total.